The number of aliphatic hydroxyl groups excluding tert-OH is 1. The summed E-state index contributed by atoms with van der Waals surface area (Å²) in [5.74, 6) is -0.938. The van der Waals surface area contributed by atoms with E-state index in [9.17, 15) is 4.79 Å². The summed E-state index contributed by atoms with van der Waals surface area (Å²) >= 11 is 3.08. The molecule has 0 aliphatic heterocycles. The van der Waals surface area contributed by atoms with Crippen molar-refractivity contribution in [2.24, 2.45) is 0 Å². The Bertz CT molecular complexity index is 165. The Balaban J connectivity index is 3.82. The number of aliphatic hydroxyl groups is 1. The lowest BCUT2D eigenvalue weighted by Crippen LogP contribution is -2.07. The Morgan fingerprint density at radius 3 is 2.64 bits per heavy atom. The number of hydrogen-bond acceptors (Lipinski definition) is 2. The first-order valence-electron chi connectivity index (χ1n) is 3.22. The summed E-state index contributed by atoms with van der Waals surface area (Å²) in [6.45, 7) is 1.50. The van der Waals surface area contributed by atoms with Crippen LogP contribution in [0.15, 0.2) is 11.6 Å². The summed E-state index contributed by atoms with van der Waals surface area (Å²) in [6, 6.07) is 0. The molecule has 0 rings (SSSR count). The van der Waals surface area contributed by atoms with E-state index in [0.717, 1.165) is 0 Å². The number of carbonyl (C=O) groups is 1. The van der Waals surface area contributed by atoms with E-state index in [1.165, 1.54) is 13.0 Å². The Labute approximate surface area is 73.9 Å². The molecule has 4 heteroatoms. The minimum Gasteiger partial charge on any atom is -0.478 e. The summed E-state index contributed by atoms with van der Waals surface area (Å²) in [5, 5.41) is 17.9. The number of halogens is 1. The molecule has 0 amide bonds. The van der Waals surface area contributed by atoms with Gasteiger partial charge in [0.15, 0.2) is 0 Å². The zero-order valence-corrected chi connectivity index (χ0v) is 7.84. The molecule has 0 radical (unpaired) electrons. The van der Waals surface area contributed by atoms with E-state index in [-0.39, 0.29) is 5.57 Å². The molecular weight excluding hydrogens is 212 g/mol. The highest BCUT2D eigenvalue weighted by atomic mass is 79.9. The van der Waals surface area contributed by atoms with E-state index in [1.807, 2.05) is 0 Å². The molecular formula is C7H11BrO3. The molecule has 0 aromatic heterocycles. The van der Waals surface area contributed by atoms with Gasteiger partial charge in [0.05, 0.1) is 6.10 Å². The highest BCUT2D eigenvalue weighted by Crippen LogP contribution is 2.01. The highest BCUT2D eigenvalue weighted by molar-refractivity contribution is 9.09. The van der Waals surface area contributed by atoms with E-state index < -0.39 is 12.1 Å². The maximum absolute atomic E-state index is 10.2. The fourth-order valence-electron chi connectivity index (χ4n) is 0.463. The van der Waals surface area contributed by atoms with Gasteiger partial charge in [0, 0.05) is 10.9 Å². The number of carboxylic acids is 1. The lowest BCUT2D eigenvalue weighted by Gasteiger charge is -2.01. The lowest BCUT2D eigenvalue weighted by molar-refractivity contribution is -0.132. The molecule has 0 aromatic carbocycles. The minimum absolute atomic E-state index is 0.269. The van der Waals surface area contributed by atoms with Crippen LogP contribution in [0.2, 0.25) is 0 Å². The van der Waals surface area contributed by atoms with Gasteiger partial charge in [-0.15, -0.1) is 0 Å². The largest absolute Gasteiger partial charge is 0.478 e. The number of carboxylic acid groups (broad SMARTS) is 1. The molecule has 0 aromatic rings. The lowest BCUT2D eigenvalue weighted by atomic mass is 10.2. The summed E-state index contributed by atoms with van der Waals surface area (Å²) in [5.41, 5.74) is 0.269. The second kappa shape index (κ2) is 5.32. The molecule has 2 N–H and O–H groups in total. The average Bonchev–Trinajstić information content (AvgIpc) is 1.99. The van der Waals surface area contributed by atoms with Gasteiger partial charge in [-0.1, -0.05) is 22.0 Å². The molecule has 11 heavy (non-hydrogen) atoms. The second-order valence-corrected chi connectivity index (χ2v) is 2.88. The van der Waals surface area contributed by atoms with E-state index in [4.69, 9.17) is 10.2 Å². The fourth-order valence-corrected chi connectivity index (χ4v) is 0.727. The summed E-state index contributed by atoms with van der Waals surface area (Å²) in [7, 11) is 0. The molecule has 0 spiro atoms. The van der Waals surface area contributed by atoms with E-state index in [2.05, 4.69) is 15.9 Å². The average molecular weight is 223 g/mol. The van der Waals surface area contributed by atoms with Crippen molar-refractivity contribution in [1.29, 1.82) is 0 Å². The zero-order chi connectivity index (χ0) is 8.85. The zero-order valence-electron chi connectivity index (χ0n) is 6.25. The summed E-state index contributed by atoms with van der Waals surface area (Å²) in [4.78, 5) is 10.2. The highest BCUT2D eigenvalue weighted by Gasteiger charge is 2.02. The van der Waals surface area contributed by atoms with Crippen molar-refractivity contribution in [2.75, 3.05) is 5.33 Å². The predicted octanol–water partition coefficient (Wildman–Crippen LogP) is 1.16. The van der Waals surface area contributed by atoms with Gasteiger partial charge < -0.3 is 10.2 Å². The topological polar surface area (TPSA) is 57.5 Å². The van der Waals surface area contributed by atoms with Crippen LogP contribution in [-0.2, 0) is 4.79 Å². The van der Waals surface area contributed by atoms with Crippen molar-refractivity contribution in [1.82, 2.24) is 0 Å². The normalized spacial score (nSPS) is 14.6. The van der Waals surface area contributed by atoms with Crippen LogP contribution in [0, 0.1) is 0 Å². The molecule has 0 saturated carbocycles. The van der Waals surface area contributed by atoms with Crippen molar-refractivity contribution >= 4 is 21.9 Å². The van der Waals surface area contributed by atoms with Gasteiger partial charge in [0.1, 0.15) is 0 Å². The van der Waals surface area contributed by atoms with Gasteiger partial charge in [-0.25, -0.2) is 4.79 Å². The maximum atomic E-state index is 10.2. The van der Waals surface area contributed by atoms with Crippen LogP contribution < -0.4 is 0 Å². The molecule has 0 aliphatic carbocycles. The Hall–Kier alpha value is -0.350. The summed E-state index contributed by atoms with van der Waals surface area (Å²) < 4.78 is 0. The van der Waals surface area contributed by atoms with Gasteiger partial charge in [0.25, 0.3) is 0 Å². The van der Waals surface area contributed by atoms with Crippen LogP contribution in [0.1, 0.15) is 13.3 Å². The van der Waals surface area contributed by atoms with Crippen molar-refractivity contribution < 1.29 is 15.0 Å². The number of rotatable bonds is 4. The molecule has 0 saturated heterocycles. The third kappa shape index (κ3) is 4.98. The SMILES string of the molecule is CC(=CCC(O)CBr)C(=O)O. The molecule has 1 unspecified atom stereocenters. The monoisotopic (exact) mass is 222 g/mol. The van der Waals surface area contributed by atoms with Crippen molar-refractivity contribution in [3.8, 4) is 0 Å². The van der Waals surface area contributed by atoms with E-state index >= 15 is 0 Å². The van der Waals surface area contributed by atoms with Crippen LogP contribution in [0.25, 0.3) is 0 Å². The standard InChI is InChI=1S/C7H11BrO3/c1-5(7(10)11)2-3-6(9)4-8/h2,6,9H,3-4H2,1H3,(H,10,11). The van der Waals surface area contributed by atoms with Crippen LogP contribution >= 0.6 is 15.9 Å². The predicted molar refractivity (Wildman–Crippen MR) is 45.8 cm³/mol. The molecule has 0 bridgehead atoms. The van der Waals surface area contributed by atoms with Crippen molar-refractivity contribution in [3.05, 3.63) is 11.6 Å². The Morgan fingerprint density at radius 2 is 2.27 bits per heavy atom. The first kappa shape index (κ1) is 10.7. The van der Waals surface area contributed by atoms with Crippen LogP contribution in [0.4, 0.5) is 0 Å². The molecule has 0 aliphatic rings. The Kier molecular flexibility index (Phi) is 5.15. The molecule has 1 atom stereocenters. The molecule has 0 heterocycles. The smallest absolute Gasteiger partial charge is 0.330 e. The fraction of sp³-hybridized carbons (Fsp3) is 0.571. The number of hydrogen-bond donors (Lipinski definition) is 2. The van der Waals surface area contributed by atoms with Crippen molar-refractivity contribution in [2.45, 2.75) is 19.4 Å². The second-order valence-electron chi connectivity index (χ2n) is 2.24. The van der Waals surface area contributed by atoms with Gasteiger partial charge >= 0.3 is 5.97 Å². The first-order valence-corrected chi connectivity index (χ1v) is 4.34. The molecule has 64 valence electrons. The van der Waals surface area contributed by atoms with Crippen LogP contribution in [-0.4, -0.2) is 27.6 Å². The van der Waals surface area contributed by atoms with Gasteiger partial charge in [-0.3, -0.25) is 0 Å². The third-order valence-corrected chi connectivity index (χ3v) is 1.96. The number of alkyl halides is 1. The Morgan fingerprint density at radius 1 is 1.73 bits per heavy atom. The van der Waals surface area contributed by atoms with Crippen LogP contribution in [0.5, 0.6) is 0 Å². The van der Waals surface area contributed by atoms with Crippen LogP contribution in [0.3, 0.4) is 0 Å². The molecule has 0 fully saturated rings. The van der Waals surface area contributed by atoms with Crippen molar-refractivity contribution in [3.63, 3.8) is 0 Å². The van der Waals surface area contributed by atoms with Gasteiger partial charge in [0.2, 0.25) is 0 Å². The van der Waals surface area contributed by atoms with E-state index in [0.29, 0.717) is 11.8 Å². The quantitative estimate of drug-likeness (QED) is 0.555. The third-order valence-electron chi connectivity index (χ3n) is 1.21. The number of aliphatic carboxylic acids is 1. The molecule has 3 nitrogen and oxygen atoms in total. The maximum Gasteiger partial charge on any atom is 0.330 e. The summed E-state index contributed by atoms with van der Waals surface area (Å²) in [6.07, 6.45) is 1.39. The van der Waals surface area contributed by atoms with E-state index in [1.54, 1.807) is 0 Å². The first-order chi connectivity index (χ1) is 5.07. The van der Waals surface area contributed by atoms with Gasteiger partial charge in [-0.2, -0.15) is 0 Å². The minimum atomic E-state index is -0.938. The van der Waals surface area contributed by atoms with Gasteiger partial charge in [-0.05, 0) is 13.3 Å².